The molecular weight excluding hydrogens is 511 g/mol. The molecule has 0 spiro atoms. The third-order valence-electron chi connectivity index (χ3n) is 4.85. The number of fused-ring (bicyclic) bond motifs is 1. The van der Waals surface area contributed by atoms with Crippen LogP contribution >= 0.6 is 34.8 Å². The van der Waals surface area contributed by atoms with Crippen molar-refractivity contribution in [1.82, 2.24) is 5.43 Å². The molecule has 0 aromatic heterocycles. The van der Waals surface area contributed by atoms with Crippen molar-refractivity contribution in [3.05, 3.63) is 105 Å². The van der Waals surface area contributed by atoms with Gasteiger partial charge >= 0.3 is 5.97 Å². The molecular formula is C26H17Cl3N2O4. The second-order valence-electron chi connectivity index (χ2n) is 7.25. The summed E-state index contributed by atoms with van der Waals surface area (Å²) in [5.41, 5.74) is 3.26. The Morgan fingerprint density at radius 2 is 1.57 bits per heavy atom. The topological polar surface area (TPSA) is 77.0 Å². The summed E-state index contributed by atoms with van der Waals surface area (Å²) in [5, 5.41) is 6.98. The molecule has 0 saturated heterocycles. The van der Waals surface area contributed by atoms with Crippen molar-refractivity contribution in [2.45, 2.75) is 0 Å². The lowest BCUT2D eigenvalue weighted by atomic mass is 10.0. The number of nitrogens with one attached hydrogen (secondary N) is 1. The van der Waals surface area contributed by atoms with E-state index in [0.717, 1.165) is 10.8 Å². The molecule has 9 heteroatoms. The maximum Gasteiger partial charge on any atom is 0.343 e. The second kappa shape index (κ2) is 11.2. The van der Waals surface area contributed by atoms with Crippen molar-refractivity contribution in [2.75, 3.05) is 6.61 Å². The fraction of sp³-hybridized carbons (Fsp3) is 0.0385. The second-order valence-corrected chi connectivity index (χ2v) is 8.53. The predicted octanol–water partition coefficient (Wildman–Crippen LogP) is 6.55. The summed E-state index contributed by atoms with van der Waals surface area (Å²) in [6, 6.07) is 22.1. The van der Waals surface area contributed by atoms with Crippen LogP contribution in [-0.2, 0) is 4.79 Å². The predicted molar refractivity (Wildman–Crippen MR) is 138 cm³/mol. The van der Waals surface area contributed by atoms with Crippen molar-refractivity contribution in [1.29, 1.82) is 0 Å². The highest BCUT2D eigenvalue weighted by atomic mass is 35.5. The normalized spacial score (nSPS) is 10.9. The van der Waals surface area contributed by atoms with Crippen LogP contribution in [-0.4, -0.2) is 24.7 Å². The maximum atomic E-state index is 12.6. The summed E-state index contributed by atoms with van der Waals surface area (Å²) in [4.78, 5) is 24.9. The zero-order chi connectivity index (χ0) is 24.8. The molecule has 4 rings (SSSR count). The van der Waals surface area contributed by atoms with Crippen LogP contribution in [0, 0.1) is 0 Å². The molecule has 0 heterocycles. The van der Waals surface area contributed by atoms with Crippen LogP contribution in [0.1, 0.15) is 15.9 Å². The van der Waals surface area contributed by atoms with Gasteiger partial charge in [0.05, 0.1) is 16.8 Å². The van der Waals surface area contributed by atoms with Gasteiger partial charge in [0.1, 0.15) is 11.5 Å². The zero-order valence-electron chi connectivity index (χ0n) is 18.0. The Labute approximate surface area is 216 Å². The fourth-order valence-electron chi connectivity index (χ4n) is 3.18. The van der Waals surface area contributed by atoms with E-state index in [2.05, 4.69) is 10.5 Å². The van der Waals surface area contributed by atoms with Crippen LogP contribution in [0.5, 0.6) is 11.5 Å². The number of carbonyl (C=O) groups is 2. The van der Waals surface area contributed by atoms with E-state index in [1.165, 1.54) is 12.3 Å². The van der Waals surface area contributed by atoms with E-state index in [4.69, 9.17) is 44.3 Å². The van der Waals surface area contributed by atoms with E-state index in [1.54, 1.807) is 42.5 Å². The van der Waals surface area contributed by atoms with E-state index >= 15 is 0 Å². The summed E-state index contributed by atoms with van der Waals surface area (Å²) in [7, 11) is 0. The summed E-state index contributed by atoms with van der Waals surface area (Å²) in [6.45, 7) is -0.313. The number of carbonyl (C=O) groups excluding carboxylic acids is 2. The van der Waals surface area contributed by atoms with Gasteiger partial charge < -0.3 is 9.47 Å². The smallest absolute Gasteiger partial charge is 0.343 e. The lowest BCUT2D eigenvalue weighted by Gasteiger charge is -2.11. The number of amides is 1. The SMILES string of the molecule is O=C(COc1ccc(Cl)cc1Cl)N/N=C\c1c(OC(=O)c2ccc(Cl)cc2)ccc2ccccc12. The number of nitrogens with zero attached hydrogens (tertiary/aromatic N) is 1. The third kappa shape index (κ3) is 6.31. The van der Waals surface area contributed by atoms with E-state index in [9.17, 15) is 9.59 Å². The first-order chi connectivity index (χ1) is 16.9. The highest BCUT2D eigenvalue weighted by Crippen LogP contribution is 2.28. The molecule has 176 valence electrons. The highest BCUT2D eigenvalue weighted by Gasteiger charge is 2.14. The Morgan fingerprint density at radius 3 is 2.34 bits per heavy atom. The van der Waals surface area contributed by atoms with Crippen LogP contribution in [0.15, 0.2) is 84.0 Å². The van der Waals surface area contributed by atoms with Gasteiger partial charge in [0, 0.05) is 15.6 Å². The van der Waals surface area contributed by atoms with Gasteiger partial charge in [-0.25, -0.2) is 10.2 Å². The van der Waals surface area contributed by atoms with Gasteiger partial charge in [0.2, 0.25) is 0 Å². The highest BCUT2D eigenvalue weighted by molar-refractivity contribution is 6.35. The van der Waals surface area contributed by atoms with Crippen LogP contribution < -0.4 is 14.9 Å². The molecule has 0 aliphatic heterocycles. The van der Waals surface area contributed by atoms with Gasteiger partial charge in [0.15, 0.2) is 6.61 Å². The number of esters is 1. The number of hydrogen-bond acceptors (Lipinski definition) is 5. The van der Waals surface area contributed by atoms with E-state index in [1.807, 2.05) is 30.3 Å². The monoisotopic (exact) mass is 526 g/mol. The van der Waals surface area contributed by atoms with Gasteiger partial charge in [-0.05, 0) is 59.3 Å². The molecule has 0 atom stereocenters. The van der Waals surface area contributed by atoms with Gasteiger partial charge in [-0.3, -0.25) is 4.79 Å². The Bertz CT molecular complexity index is 1420. The summed E-state index contributed by atoms with van der Waals surface area (Å²) in [6.07, 6.45) is 1.42. The summed E-state index contributed by atoms with van der Waals surface area (Å²) >= 11 is 17.8. The average molecular weight is 528 g/mol. The number of rotatable bonds is 7. The lowest BCUT2D eigenvalue weighted by molar-refractivity contribution is -0.123. The zero-order valence-corrected chi connectivity index (χ0v) is 20.3. The van der Waals surface area contributed by atoms with Gasteiger partial charge in [0.25, 0.3) is 5.91 Å². The quantitative estimate of drug-likeness (QED) is 0.128. The minimum absolute atomic E-state index is 0.283. The molecule has 1 N–H and O–H groups in total. The third-order valence-corrected chi connectivity index (χ3v) is 5.63. The minimum atomic E-state index is -0.552. The number of ether oxygens (including phenoxy) is 2. The molecule has 4 aromatic carbocycles. The Hall–Kier alpha value is -3.58. The van der Waals surface area contributed by atoms with Gasteiger partial charge in [-0.15, -0.1) is 0 Å². The Balaban J connectivity index is 1.50. The Kier molecular flexibility index (Phi) is 7.87. The Morgan fingerprint density at radius 1 is 0.857 bits per heavy atom. The first kappa shape index (κ1) is 24.5. The minimum Gasteiger partial charge on any atom is -0.482 e. The number of hydrogen-bond donors (Lipinski definition) is 1. The largest absolute Gasteiger partial charge is 0.482 e. The molecule has 0 saturated carbocycles. The van der Waals surface area contributed by atoms with Gasteiger partial charge in [-0.2, -0.15) is 5.10 Å². The molecule has 0 fully saturated rings. The van der Waals surface area contributed by atoms with Crippen molar-refractivity contribution in [2.24, 2.45) is 5.10 Å². The molecule has 0 bridgehead atoms. The molecule has 0 unspecified atom stereocenters. The van der Waals surface area contributed by atoms with E-state index in [-0.39, 0.29) is 17.4 Å². The number of halogens is 3. The molecule has 0 radical (unpaired) electrons. The molecule has 6 nitrogen and oxygen atoms in total. The van der Waals surface area contributed by atoms with E-state index in [0.29, 0.717) is 26.9 Å². The number of benzene rings is 4. The fourth-order valence-corrected chi connectivity index (χ4v) is 3.77. The molecule has 4 aromatic rings. The number of hydrazone groups is 1. The first-order valence-electron chi connectivity index (χ1n) is 10.3. The first-order valence-corrected chi connectivity index (χ1v) is 11.4. The van der Waals surface area contributed by atoms with Crippen LogP contribution in [0.2, 0.25) is 15.1 Å². The van der Waals surface area contributed by atoms with Gasteiger partial charge in [-0.1, -0.05) is 65.1 Å². The van der Waals surface area contributed by atoms with E-state index < -0.39 is 11.9 Å². The van der Waals surface area contributed by atoms with Crippen LogP contribution in [0.25, 0.3) is 10.8 Å². The molecule has 1 amide bonds. The van der Waals surface area contributed by atoms with Crippen LogP contribution in [0.3, 0.4) is 0 Å². The molecule has 0 aliphatic carbocycles. The summed E-state index contributed by atoms with van der Waals surface area (Å²) in [5.74, 6) is -0.456. The molecule has 35 heavy (non-hydrogen) atoms. The van der Waals surface area contributed by atoms with Crippen molar-refractivity contribution < 1.29 is 19.1 Å². The van der Waals surface area contributed by atoms with Crippen LogP contribution in [0.4, 0.5) is 0 Å². The van der Waals surface area contributed by atoms with Crippen molar-refractivity contribution in [3.63, 3.8) is 0 Å². The standard InChI is InChI=1S/C26H17Cl3N2O4/c27-18-8-5-17(6-9-18)26(33)35-23-11-7-16-3-1-2-4-20(16)21(23)14-30-31-25(32)15-34-24-12-10-19(28)13-22(24)29/h1-14H,15H2,(H,31,32)/b30-14-. The van der Waals surface area contributed by atoms with Crippen molar-refractivity contribution in [3.8, 4) is 11.5 Å². The maximum absolute atomic E-state index is 12.6. The average Bonchev–Trinajstić information content (AvgIpc) is 2.85. The van der Waals surface area contributed by atoms with Crippen molar-refractivity contribution >= 4 is 63.7 Å². The lowest BCUT2D eigenvalue weighted by Crippen LogP contribution is -2.24. The summed E-state index contributed by atoms with van der Waals surface area (Å²) < 4.78 is 11.0. The molecule has 0 aliphatic rings.